The average Bonchev–Trinajstić information content (AvgIpc) is 2.76. The maximum absolute atomic E-state index is 11.7. The van der Waals surface area contributed by atoms with Gasteiger partial charge in [-0.05, 0) is 12.8 Å². The summed E-state index contributed by atoms with van der Waals surface area (Å²) in [6.45, 7) is 1.61. The molecule has 3 atom stereocenters. The van der Waals surface area contributed by atoms with Crippen LogP contribution in [0.15, 0.2) is 11.5 Å². The highest BCUT2D eigenvalue weighted by atomic mass is 16.7. The van der Waals surface area contributed by atoms with Crippen molar-refractivity contribution in [2.75, 3.05) is 13.2 Å². The minimum atomic E-state index is -2.08. The van der Waals surface area contributed by atoms with Gasteiger partial charge in [-0.25, -0.2) is 4.79 Å². The number of unbranched alkanes of at least 4 members (excludes halogenated alkanes) is 3. The zero-order chi connectivity index (χ0) is 17.7. The first-order chi connectivity index (χ1) is 10.7. The van der Waals surface area contributed by atoms with Crippen molar-refractivity contribution in [3.63, 3.8) is 0 Å². The predicted molar refractivity (Wildman–Crippen MR) is 79.1 cm³/mol. The number of hydrogen-bond acceptors (Lipinski definition) is 8. The highest BCUT2D eigenvalue weighted by Gasteiger charge is 2.56. The molecular weight excluding hydrogens is 308 g/mol. The largest absolute Gasteiger partial charge is 0.499 e. The molecule has 0 saturated heterocycles. The lowest BCUT2D eigenvalue weighted by molar-refractivity contribution is -0.216. The molecule has 5 N–H and O–H groups in total. The molecule has 1 heterocycles. The Labute approximate surface area is 135 Å². The Bertz CT molecular complexity index is 445. The lowest BCUT2D eigenvalue weighted by Crippen LogP contribution is -2.49. The maximum Gasteiger partial charge on any atom is 0.378 e. The summed E-state index contributed by atoms with van der Waals surface area (Å²) in [6.07, 6.45) is 1.79. The van der Waals surface area contributed by atoms with Crippen LogP contribution in [0.3, 0.4) is 0 Å². The average molecular weight is 334 g/mol. The molecule has 0 aromatic rings. The Morgan fingerprint density at radius 1 is 1.30 bits per heavy atom. The number of carbonyl (C=O) groups is 1. The Kier molecular flexibility index (Phi) is 6.82. The monoisotopic (exact) mass is 334 g/mol. The van der Waals surface area contributed by atoms with E-state index in [0.29, 0.717) is 6.42 Å². The fourth-order valence-corrected chi connectivity index (χ4v) is 2.45. The van der Waals surface area contributed by atoms with Gasteiger partial charge in [0.15, 0.2) is 5.76 Å². The molecule has 23 heavy (non-hydrogen) atoms. The highest BCUT2D eigenvalue weighted by molar-refractivity contribution is 5.90. The van der Waals surface area contributed by atoms with Crippen molar-refractivity contribution in [1.82, 2.24) is 0 Å². The molecule has 0 radical (unpaired) electrons. The zero-order valence-corrected chi connectivity index (χ0v) is 13.5. The molecule has 1 rings (SSSR count). The Morgan fingerprint density at radius 3 is 2.48 bits per heavy atom. The first-order valence-corrected chi connectivity index (χ1v) is 7.72. The Morgan fingerprint density at radius 2 is 1.96 bits per heavy atom. The van der Waals surface area contributed by atoms with E-state index in [1.807, 2.05) is 6.92 Å². The summed E-state index contributed by atoms with van der Waals surface area (Å²) in [6, 6.07) is 0. The van der Waals surface area contributed by atoms with Crippen LogP contribution in [-0.2, 0) is 14.3 Å². The van der Waals surface area contributed by atoms with Gasteiger partial charge in [0.05, 0.1) is 6.61 Å². The number of cyclic esters (lactones) is 1. The van der Waals surface area contributed by atoms with Gasteiger partial charge in [0.1, 0.15) is 12.7 Å². The predicted octanol–water partition coefficient (Wildman–Crippen LogP) is 0.0926. The van der Waals surface area contributed by atoms with E-state index in [9.17, 15) is 25.2 Å². The van der Waals surface area contributed by atoms with Crippen molar-refractivity contribution in [3.8, 4) is 0 Å². The molecule has 0 aliphatic carbocycles. The van der Waals surface area contributed by atoms with Gasteiger partial charge in [0.25, 0.3) is 0 Å². The maximum atomic E-state index is 11.7. The van der Waals surface area contributed by atoms with Crippen molar-refractivity contribution in [2.45, 2.75) is 63.4 Å². The quantitative estimate of drug-likeness (QED) is 0.215. The first kappa shape index (κ1) is 19.7. The second-order valence-electron chi connectivity index (χ2n) is 5.90. The lowest BCUT2D eigenvalue weighted by atomic mass is 9.88. The summed E-state index contributed by atoms with van der Waals surface area (Å²) >= 11 is 0. The van der Waals surface area contributed by atoms with Crippen LogP contribution >= 0.6 is 0 Å². The van der Waals surface area contributed by atoms with E-state index in [0.717, 1.165) is 26.2 Å². The molecule has 0 bridgehead atoms. The summed E-state index contributed by atoms with van der Waals surface area (Å²) in [5.74, 6) is -4.56. The molecule has 0 spiro atoms. The van der Waals surface area contributed by atoms with Crippen LogP contribution in [0.4, 0.5) is 0 Å². The van der Waals surface area contributed by atoms with Crippen LogP contribution in [0.1, 0.15) is 46.0 Å². The van der Waals surface area contributed by atoms with Gasteiger partial charge in [-0.1, -0.05) is 26.2 Å². The van der Waals surface area contributed by atoms with Gasteiger partial charge >= 0.3 is 5.97 Å². The van der Waals surface area contributed by atoms with Gasteiger partial charge in [-0.3, -0.25) is 0 Å². The second-order valence-corrected chi connectivity index (χ2v) is 5.90. The Hall–Kier alpha value is -1.35. The van der Waals surface area contributed by atoms with Crippen LogP contribution < -0.4 is 0 Å². The van der Waals surface area contributed by atoms with Crippen molar-refractivity contribution < 1.29 is 39.8 Å². The van der Waals surface area contributed by atoms with Gasteiger partial charge in [0.2, 0.25) is 17.1 Å². The minimum absolute atomic E-state index is 0.0986. The van der Waals surface area contributed by atoms with E-state index in [1.165, 1.54) is 0 Å². The number of aliphatic hydroxyl groups is 5. The topological polar surface area (TPSA) is 137 Å². The number of ether oxygens (including phenoxy) is 2. The number of rotatable bonds is 10. The fourth-order valence-electron chi connectivity index (χ4n) is 2.45. The molecule has 8 nitrogen and oxygen atoms in total. The van der Waals surface area contributed by atoms with Crippen molar-refractivity contribution in [2.24, 2.45) is 0 Å². The molecular formula is C15H26O8. The molecule has 8 heteroatoms. The van der Waals surface area contributed by atoms with Crippen LogP contribution in [0.5, 0.6) is 0 Å². The zero-order valence-electron chi connectivity index (χ0n) is 13.5. The fraction of sp³-hybridized carbons (Fsp3) is 0.800. The summed E-state index contributed by atoms with van der Waals surface area (Å²) in [4.78, 5) is 11.7. The molecule has 0 saturated carbocycles. The molecule has 1 unspecified atom stereocenters. The van der Waals surface area contributed by atoms with E-state index < -0.39 is 48.2 Å². The van der Waals surface area contributed by atoms with Crippen LogP contribution in [-0.4, -0.2) is 62.2 Å². The first-order valence-electron chi connectivity index (χ1n) is 7.72. The number of hydrogen-bond donors (Lipinski definition) is 5. The minimum Gasteiger partial charge on any atom is -0.499 e. The van der Waals surface area contributed by atoms with Gasteiger partial charge < -0.3 is 35.0 Å². The van der Waals surface area contributed by atoms with E-state index in [1.54, 1.807) is 0 Å². The number of aliphatic hydroxyl groups excluding tert-OH is 4. The third-order valence-electron chi connectivity index (χ3n) is 3.80. The highest BCUT2D eigenvalue weighted by Crippen LogP contribution is 2.41. The number of esters is 1. The van der Waals surface area contributed by atoms with E-state index in [-0.39, 0.29) is 6.42 Å². The van der Waals surface area contributed by atoms with Crippen LogP contribution in [0.25, 0.3) is 0 Å². The van der Waals surface area contributed by atoms with Gasteiger partial charge in [0, 0.05) is 6.92 Å². The van der Waals surface area contributed by atoms with Crippen LogP contribution in [0, 0.1) is 0 Å². The second kappa shape index (κ2) is 7.96. The molecule has 134 valence electrons. The third-order valence-corrected chi connectivity index (χ3v) is 3.80. The molecule has 1 aliphatic heterocycles. The van der Waals surface area contributed by atoms with Crippen molar-refractivity contribution in [3.05, 3.63) is 11.5 Å². The SMILES string of the molecule is CCCCCC[C@]1([C@@H](O)CO)OC(=O)C(O)=C1OC(C)(O)CO. The van der Waals surface area contributed by atoms with E-state index >= 15 is 0 Å². The Balaban J connectivity index is 3.12. The summed E-state index contributed by atoms with van der Waals surface area (Å²) in [7, 11) is 0. The normalized spacial score (nSPS) is 25.2. The van der Waals surface area contributed by atoms with Crippen molar-refractivity contribution >= 4 is 5.97 Å². The lowest BCUT2D eigenvalue weighted by Gasteiger charge is -2.36. The summed E-state index contributed by atoms with van der Waals surface area (Å²) in [5, 5.41) is 48.3. The number of carbonyl (C=O) groups excluding carboxylic acids is 1. The summed E-state index contributed by atoms with van der Waals surface area (Å²) < 4.78 is 10.3. The molecule has 0 fully saturated rings. The van der Waals surface area contributed by atoms with E-state index in [4.69, 9.17) is 14.6 Å². The molecule has 0 aromatic heterocycles. The van der Waals surface area contributed by atoms with Gasteiger partial charge in [-0.2, -0.15) is 0 Å². The van der Waals surface area contributed by atoms with Crippen LogP contribution in [0.2, 0.25) is 0 Å². The molecule has 1 aliphatic rings. The van der Waals surface area contributed by atoms with E-state index in [2.05, 4.69) is 0 Å². The standard InChI is InChI=1S/C15H26O8/c1-3-4-5-6-7-15(10(18)8-16)12(11(19)13(20)23-15)22-14(2,21)9-17/h10,16-19,21H,3-9H2,1-2H3/t10-,14?,15+/m0/s1. The molecule has 0 aromatic carbocycles. The van der Waals surface area contributed by atoms with Gasteiger partial charge in [-0.15, -0.1) is 0 Å². The summed E-state index contributed by atoms with van der Waals surface area (Å²) in [5.41, 5.74) is -1.79. The smallest absolute Gasteiger partial charge is 0.378 e. The third kappa shape index (κ3) is 4.35. The molecule has 0 amide bonds. The van der Waals surface area contributed by atoms with Crippen molar-refractivity contribution in [1.29, 1.82) is 0 Å².